The number of rotatable bonds is 3. The number of benzene rings is 1. The standard InChI is InChI=1S/C19H22N4O/c24-18(11-14-5-4-9-20-12-14)23-10-8-17-16(13-23)19(22-21-17)15-6-2-1-3-7-15/h1-7,9,12,16-17,19,21-22H,8,10-11,13H2. The summed E-state index contributed by atoms with van der Waals surface area (Å²) in [5, 5.41) is 0. The van der Waals surface area contributed by atoms with Crippen molar-refractivity contribution in [3.05, 3.63) is 66.0 Å². The van der Waals surface area contributed by atoms with Crippen molar-refractivity contribution in [3.63, 3.8) is 0 Å². The molecule has 124 valence electrons. The van der Waals surface area contributed by atoms with Crippen LogP contribution in [0.3, 0.4) is 0 Å². The molecule has 5 nitrogen and oxygen atoms in total. The number of carbonyl (C=O) groups excluding carboxylic acids is 1. The minimum Gasteiger partial charge on any atom is -0.342 e. The van der Waals surface area contributed by atoms with Crippen molar-refractivity contribution in [3.8, 4) is 0 Å². The summed E-state index contributed by atoms with van der Waals surface area (Å²) < 4.78 is 0. The van der Waals surface area contributed by atoms with E-state index in [0.29, 0.717) is 18.4 Å². The first-order valence-electron chi connectivity index (χ1n) is 8.54. The Hall–Kier alpha value is -2.24. The van der Waals surface area contributed by atoms with Gasteiger partial charge in [0.1, 0.15) is 0 Å². The molecule has 1 amide bonds. The second kappa shape index (κ2) is 6.71. The maximum Gasteiger partial charge on any atom is 0.227 e. The summed E-state index contributed by atoms with van der Waals surface area (Å²) in [5.41, 5.74) is 9.10. The average molecular weight is 322 g/mol. The number of hydrazine groups is 1. The normalized spacial score (nSPS) is 26.2. The zero-order valence-corrected chi connectivity index (χ0v) is 13.6. The van der Waals surface area contributed by atoms with Crippen molar-refractivity contribution in [2.75, 3.05) is 13.1 Å². The summed E-state index contributed by atoms with van der Waals surface area (Å²) in [6.45, 7) is 1.61. The monoisotopic (exact) mass is 322 g/mol. The van der Waals surface area contributed by atoms with Crippen LogP contribution in [0.1, 0.15) is 23.6 Å². The SMILES string of the molecule is O=C(Cc1cccnc1)N1CCC2NNC(c3ccccc3)C2C1. The van der Waals surface area contributed by atoms with Crippen LogP contribution >= 0.6 is 0 Å². The van der Waals surface area contributed by atoms with Crippen LogP contribution in [0.25, 0.3) is 0 Å². The molecule has 2 fully saturated rings. The molecule has 0 radical (unpaired) electrons. The smallest absolute Gasteiger partial charge is 0.227 e. The van der Waals surface area contributed by atoms with E-state index < -0.39 is 0 Å². The van der Waals surface area contributed by atoms with Crippen molar-refractivity contribution in [2.45, 2.75) is 24.9 Å². The quantitative estimate of drug-likeness (QED) is 0.903. The average Bonchev–Trinajstić information content (AvgIpc) is 3.06. The molecule has 2 saturated heterocycles. The van der Waals surface area contributed by atoms with Crippen molar-refractivity contribution >= 4 is 5.91 Å². The first-order valence-corrected chi connectivity index (χ1v) is 8.54. The van der Waals surface area contributed by atoms with E-state index in [-0.39, 0.29) is 11.9 Å². The maximum absolute atomic E-state index is 12.7. The Morgan fingerprint density at radius 1 is 1.17 bits per heavy atom. The lowest BCUT2D eigenvalue weighted by molar-refractivity contribution is -0.132. The van der Waals surface area contributed by atoms with Crippen LogP contribution in [0, 0.1) is 5.92 Å². The number of nitrogens with zero attached hydrogens (tertiary/aromatic N) is 2. The summed E-state index contributed by atoms with van der Waals surface area (Å²) >= 11 is 0. The number of fused-ring (bicyclic) bond motifs is 1. The third-order valence-corrected chi connectivity index (χ3v) is 5.10. The molecule has 5 heteroatoms. The van der Waals surface area contributed by atoms with Crippen LogP contribution in [0.2, 0.25) is 0 Å². The zero-order chi connectivity index (χ0) is 16.4. The van der Waals surface area contributed by atoms with Gasteiger partial charge in [0.05, 0.1) is 12.5 Å². The molecular weight excluding hydrogens is 300 g/mol. The highest BCUT2D eigenvalue weighted by Crippen LogP contribution is 2.33. The van der Waals surface area contributed by atoms with Crippen molar-refractivity contribution in [1.82, 2.24) is 20.7 Å². The number of hydrogen-bond donors (Lipinski definition) is 2. The van der Waals surface area contributed by atoms with Gasteiger partial charge in [-0.25, -0.2) is 5.43 Å². The number of likely N-dealkylation sites (tertiary alicyclic amines) is 1. The van der Waals surface area contributed by atoms with Gasteiger partial charge < -0.3 is 4.90 Å². The molecule has 4 rings (SSSR count). The number of pyridine rings is 1. The highest BCUT2D eigenvalue weighted by Gasteiger charge is 2.41. The highest BCUT2D eigenvalue weighted by molar-refractivity contribution is 5.78. The van der Waals surface area contributed by atoms with Crippen molar-refractivity contribution in [1.29, 1.82) is 0 Å². The van der Waals surface area contributed by atoms with Gasteiger partial charge >= 0.3 is 0 Å². The summed E-state index contributed by atoms with van der Waals surface area (Å²) in [4.78, 5) is 18.8. The van der Waals surface area contributed by atoms with Gasteiger partial charge in [0.2, 0.25) is 5.91 Å². The van der Waals surface area contributed by atoms with Crippen LogP contribution in [0.5, 0.6) is 0 Å². The molecule has 0 aliphatic carbocycles. The van der Waals surface area contributed by atoms with E-state index in [4.69, 9.17) is 0 Å². The Morgan fingerprint density at radius 2 is 2.04 bits per heavy atom. The molecule has 1 aromatic heterocycles. The Labute approximate surface area is 142 Å². The van der Waals surface area contributed by atoms with E-state index in [0.717, 1.165) is 25.1 Å². The lowest BCUT2D eigenvalue weighted by Gasteiger charge is -2.36. The molecular formula is C19H22N4O. The number of carbonyl (C=O) groups is 1. The first kappa shape index (κ1) is 15.3. The van der Waals surface area contributed by atoms with Crippen LogP contribution in [0.15, 0.2) is 54.9 Å². The van der Waals surface area contributed by atoms with Crippen LogP contribution in [-0.2, 0) is 11.2 Å². The molecule has 24 heavy (non-hydrogen) atoms. The minimum absolute atomic E-state index is 0.195. The number of aromatic nitrogens is 1. The molecule has 3 atom stereocenters. The number of hydrogen-bond acceptors (Lipinski definition) is 4. The molecule has 1 aromatic carbocycles. The fourth-order valence-corrected chi connectivity index (χ4v) is 3.81. The summed E-state index contributed by atoms with van der Waals surface area (Å²) in [7, 11) is 0. The molecule has 0 spiro atoms. The zero-order valence-electron chi connectivity index (χ0n) is 13.6. The van der Waals surface area contributed by atoms with Crippen LogP contribution in [0.4, 0.5) is 0 Å². The van der Waals surface area contributed by atoms with Gasteiger partial charge in [0, 0.05) is 37.4 Å². The Bertz CT molecular complexity index is 691. The van der Waals surface area contributed by atoms with Gasteiger partial charge in [0.15, 0.2) is 0 Å². The topological polar surface area (TPSA) is 57.3 Å². The molecule has 2 aliphatic heterocycles. The second-order valence-electron chi connectivity index (χ2n) is 6.61. The van der Waals surface area contributed by atoms with Gasteiger partial charge in [0.25, 0.3) is 0 Å². The molecule has 3 heterocycles. The van der Waals surface area contributed by atoms with E-state index in [9.17, 15) is 4.79 Å². The first-order chi connectivity index (χ1) is 11.8. The Morgan fingerprint density at radius 3 is 2.83 bits per heavy atom. The van der Waals surface area contributed by atoms with E-state index >= 15 is 0 Å². The van der Waals surface area contributed by atoms with Gasteiger partial charge in [-0.05, 0) is 23.6 Å². The van der Waals surface area contributed by atoms with Crippen molar-refractivity contribution in [2.24, 2.45) is 5.92 Å². The highest BCUT2D eigenvalue weighted by atomic mass is 16.2. The third kappa shape index (κ3) is 3.05. The Kier molecular flexibility index (Phi) is 4.28. The lowest BCUT2D eigenvalue weighted by atomic mass is 9.85. The molecule has 3 unspecified atom stereocenters. The largest absolute Gasteiger partial charge is 0.342 e. The second-order valence-corrected chi connectivity index (χ2v) is 6.61. The lowest BCUT2D eigenvalue weighted by Crippen LogP contribution is -2.48. The van der Waals surface area contributed by atoms with Gasteiger partial charge in [-0.15, -0.1) is 0 Å². The maximum atomic E-state index is 12.7. The van der Waals surface area contributed by atoms with Gasteiger partial charge in [-0.2, -0.15) is 0 Å². The summed E-state index contributed by atoms with van der Waals surface area (Å²) in [5.74, 6) is 0.596. The fourth-order valence-electron chi connectivity index (χ4n) is 3.81. The van der Waals surface area contributed by atoms with E-state index in [1.807, 2.05) is 23.1 Å². The van der Waals surface area contributed by atoms with Crippen LogP contribution in [-0.4, -0.2) is 34.9 Å². The molecule has 0 saturated carbocycles. The predicted molar refractivity (Wildman–Crippen MR) is 91.9 cm³/mol. The van der Waals surface area contributed by atoms with Gasteiger partial charge in [-0.1, -0.05) is 36.4 Å². The fraction of sp³-hybridized carbons (Fsp3) is 0.368. The van der Waals surface area contributed by atoms with E-state index in [2.05, 4.69) is 40.1 Å². The van der Waals surface area contributed by atoms with Gasteiger partial charge in [-0.3, -0.25) is 15.2 Å². The van der Waals surface area contributed by atoms with Crippen molar-refractivity contribution < 1.29 is 4.79 Å². The molecule has 0 bridgehead atoms. The number of amides is 1. The number of nitrogens with one attached hydrogen (secondary N) is 2. The predicted octanol–water partition coefficient (Wildman–Crippen LogP) is 1.69. The minimum atomic E-state index is 0.195. The Balaban J connectivity index is 1.45. The van der Waals surface area contributed by atoms with Crippen LogP contribution < -0.4 is 10.9 Å². The number of piperidine rings is 1. The third-order valence-electron chi connectivity index (χ3n) is 5.10. The van der Waals surface area contributed by atoms with E-state index in [1.165, 1.54) is 5.56 Å². The summed E-state index contributed by atoms with van der Waals surface area (Å²) in [6.07, 6.45) is 4.93. The summed E-state index contributed by atoms with van der Waals surface area (Å²) in [6, 6.07) is 15.0. The molecule has 2 aromatic rings. The van der Waals surface area contributed by atoms with E-state index in [1.54, 1.807) is 12.4 Å². The molecule has 2 N–H and O–H groups in total. The molecule has 2 aliphatic rings.